The van der Waals surface area contributed by atoms with Crippen LogP contribution in [0.15, 0.2) is 48.2 Å². The zero-order valence-electron chi connectivity index (χ0n) is 9.86. The second kappa shape index (κ2) is 3.81. The fourth-order valence-electron chi connectivity index (χ4n) is 2.24. The van der Waals surface area contributed by atoms with Crippen molar-refractivity contribution in [1.29, 1.82) is 0 Å². The molecule has 3 rings (SSSR count). The number of carbonyl (C=O) groups excluding carboxylic acids is 2. The van der Waals surface area contributed by atoms with Crippen LogP contribution in [0.4, 0.5) is 0 Å². The van der Waals surface area contributed by atoms with Crippen LogP contribution < -0.4 is 5.32 Å². The molecule has 0 saturated carbocycles. The van der Waals surface area contributed by atoms with Crippen LogP contribution in [0.5, 0.6) is 0 Å². The Hall–Kier alpha value is -2.42. The molecule has 2 aromatic carbocycles. The Morgan fingerprint density at radius 3 is 2.17 bits per heavy atom. The van der Waals surface area contributed by atoms with Crippen molar-refractivity contribution in [3.8, 4) is 0 Å². The van der Waals surface area contributed by atoms with Gasteiger partial charge in [-0.15, -0.1) is 0 Å². The van der Waals surface area contributed by atoms with Crippen molar-refractivity contribution >= 4 is 22.3 Å². The summed E-state index contributed by atoms with van der Waals surface area (Å²) < 4.78 is 0. The Balaban J connectivity index is 2.31. The summed E-state index contributed by atoms with van der Waals surface area (Å²) in [6.07, 6.45) is 1.36. The van der Waals surface area contributed by atoms with Crippen LogP contribution in [0.3, 0.4) is 0 Å². The van der Waals surface area contributed by atoms with E-state index in [-0.39, 0.29) is 11.6 Å². The summed E-state index contributed by atoms with van der Waals surface area (Å²) >= 11 is 0. The van der Waals surface area contributed by atoms with Gasteiger partial charge in [-0.1, -0.05) is 24.3 Å². The smallest absolute Gasteiger partial charge is 0.209 e. The van der Waals surface area contributed by atoms with Crippen LogP contribution >= 0.6 is 0 Å². The van der Waals surface area contributed by atoms with E-state index in [1.54, 1.807) is 19.2 Å². The summed E-state index contributed by atoms with van der Waals surface area (Å²) in [6, 6.07) is 11.3. The summed E-state index contributed by atoms with van der Waals surface area (Å²) in [4.78, 5) is 24.1. The molecule has 18 heavy (non-hydrogen) atoms. The highest BCUT2D eigenvalue weighted by Crippen LogP contribution is 2.25. The molecule has 0 unspecified atom stereocenters. The number of hydrogen-bond acceptors (Lipinski definition) is 3. The number of rotatable bonds is 1. The third kappa shape index (κ3) is 1.44. The molecule has 0 atom stereocenters. The number of allylic oxidation sites excluding steroid dienone is 2. The second-order valence-electron chi connectivity index (χ2n) is 4.25. The molecule has 0 saturated heterocycles. The van der Waals surface area contributed by atoms with Gasteiger partial charge in [-0.2, -0.15) is 0 Å². The number of hydrogen-bond donors (Lipinski definition) is 1. The van der Waals surface area contributed by atoms with E-state index in [4.69, 9.17) is 0 Å². The summed E-state index contributed by atoms with van der Waals surface area (Å²) in [5.41, 5.74) is 1.31. The van der Waals surface area contributed by atoms with Crippen LogP contribution in [0, 0.1) is 0 Å². The lowest BCUT2D eigenvalue weighted by molar-refractivity contribution is 0.0979. The molecule has 0 heterocycles. The number of benzene rings is 2. The highest BCUT2D eigenvalue weighted by Gasteiger charge is 2.25. The Morgan fingerprint density at radius 1 is 0.944 bits per heavy atom. The summed E-state index contributed by atoms with van der Waals surface area (Å²) in [7, 11) is 1.64. The summed E-state index contributed by atoms with van der Waals surface area (Å²) in [5.74, 6) is -0.252. The van der Waals surface area contributed by atoms with Gasteiger partial charge in [-0.3, -0.25) is 9.59 Å². The van der Waals surface area contributed by atoms with Crippen molar-refractivity contribution in [2.45, 2.75) is 0 Å². The minimum absolute atomic E-state index is 0.125. The molecule has 0 bridgehead atoms. The molecule has 88 valence electrons. The van der Waals surface area contributed by atoms with Crippen LogP contribution in [-0.4, -0.2) is 18.6 Å². The van der Waals surface area contributed by atoms with E-state index in [1.165, 1.54) is 6.08 Å². The normalized spacial score (nSPS) is 14.4. The molecule has 0 spiro atoms. The first-order chi connectivity index (χ1) is 8.70. The van der Waals surface area contributed by atoms with Gasteiger partial charge < -0.3 is 5.32 Å². The number of likely N-dealkylation sites (N-methyl/N-ethyl adjacent to an activating group) is 1. The van der Waals surface area contributed by atoms with Gasteiger partial charge in [-0.25, -0.2) is 0 Å². The molecule has 1 N–H and O–H groups in total. The van der Waals surface area contributed by atoms with E-state index in [0.29, 0.717) is 16.8 Å². The van der Waals surface area contributed by atoms with Crippen molar-refractivity contribution in [1.82, 2.24) is 5.32 Å². The molecule has 3 heteroatoms. The monoisotopic (exact) mass is 237 g/mol. The number of Topliss-reactive ketones (excluding diaryl/α,β-unsaturated/α-hetero) is 1. The predicted octanol–water partition coefficient (Wildman–Crippen LogP) is 2.32. The number of fused-ring (bicyclic) bond motifs is 2. The average Bonchev–Trinajstić information content (AvgIpc) is 2.41. The summed E-state index contributed by atoms with van der Waals surface area (Å²) in [5, 5.41) is 4.70. The Morgan fingerprint density at radius 2 is 1.56 bits per heavy atom. The average molecular weight is 237 g/mol. The zero-order valence-corrected chi connectivity index (χ0v) is 9.86. The molecule has 0 amide bonds. The third-order valence-electron chi connectivity index (χ3n) is 3.19. The van der Waals surface area contributed by atoms with E-state index < -0.39 is 0 Å². The number of carbonyl (C=O) groups is 2. The largest absolute Gasteiger partial charge is 0.385 e. The minimum atomic E-state index is -0.127. The van der Waals surface area contributed by atoms with Gasteiger partial charge in [0, 0.05) is 24.3 Å². The second-order valence-corrected chi connectivity index (χ2v) is 4.25. The van der Waals surface area contributed by atoms with Gasteiger partial charge in [0.25, 0.3) is 0 Å². The first kappa shape index (κ1) is 10.7. The fraction of sp³-hybridized carbons (Fsp3) is 0.0667. The lowest BCUT2D eigenvalue weighted by atomic mass is 9.90. The highest BCUT2D eigenvalue weighted by molar-refractivity contribution is 6.25. The molecular weight excluding hydrogens is 226 g/mol. The van der Waals surface area contributed by atoms with E-state index in [1.807, 2.05) is 24.3 Å². The Bertz CT molecular complexity index is 714. The molecule has 3 nitrogen and oxygen atoms in total. The number of ketones is 2. The maximum Gasteiger partial charge on any atom is 0.209 e. The lowest BCUT2D eigenvalue weighted by Crippen LogP contribution is -2.24. The van der Waals surface area contributed by atoms with E-state index in [0.717, 1.165) is 10.8 Å². The van der Waals surface area contributed by atoms with E-state index in [9.17, 15) is 9.59 Å². The SMILES string of the molecule is CNC1=CC(=O)c2cc3ccccc3cc2C1=O. The third-order valence-corrected chi connectivity index (χ3v) is 3.19. The first-order valence-electron chi connectivity index (χ1n) is 5.72. The predicted molar refractivity (Wildman–Crippen MR) is 69.8 cm³/mol. The van der Waals surface area contributed by atoms with Gasteiger partial charge in [0.2, 0.25) is 5.78 Å². The summed E-state index contributed by atoms with van der Waals surface area (Å²) in [6.45, 7) is 0. The molecule has 2 aromatic rings. The van der Waals surface area contributed by atoms with Gasteiger partial charge in [0.15, 0.2) is 5.78 Å². The van der Waals surface area contributed by atoms with Crippen LogP contribution in [0.2, 0.25) is 0 Å². The van der Waals surface area contributed by atoms with Gasteiger partial charge in [0.1, 0.15) is 0 Å². The van der Waals surface area contributed by atoms with Crippen LogP contribution in [0.25, 0.3) is 10.8 Å². The van der Waals surface area contributed by atoms with Crippen molar-refractivity contribution in [3.63, 3.8) is 0 Å². The van der Waals surface area contributed by atoms with Crippen molar-refractivity contribution in [3.05, 3.63) is 59.3 Å². The number of nitrogens with one attached hydrogen (secondary N) is 1. The van der Waals surface area contributed by atoms with Crippen molar-refractivity contribution < 1.29 is 9.59 Å². The van der Waals surface area contributed by atoms with Crippen LogP contribution in [0.1, 0.15) is 20.7 Å². The van der Waals surface area contributed by atoms with Crippen LogP contribution in [-0.2, 0) is 0 Å². The Kier molecular flexibility index (Phi) is 2.27. The molecule has 1 aliphatic carbocycles. The topological polar surface area (TPSA) is 46.2 Å². The highest BCUT2D eigenvalue weighted by atomic mass is 16.1. The maximum absolute atomic E-state index is 12.2. The van der Waals surface area contributed by atoms with E-state index in [2.05, 4.69) is 5.32 Å². The molecule has 0 fully saturated rings. The quantitative estimate of drug-likeness (QED) is 0.828. The minimum Gasteiger partial charge on any atom is -0.385 e. The van der Waals surface area contributed by atoms with Gasteiger partial charge >= 0.3 is 0 Å². The van der Waals surface area contributed by atoms with E-state index >= 15 is 0 Å². The molecule has 0 aliphatic heterocycles. The molecule has 1 aliphatic rings. The van der Waals surface area contributed by atoms with Crippen molar-refractivity contribution in [2.75, 3.05) is 7.05 Å². The maximum atomic E-state index is 12.2. The first-order valence-corrected chi connectivity index (χ1v) is 5.72. The molecule has 0 aromatic heterocycles. The molecular formula is C15H11NO2. The standard InChI is InChI=1S/C15H11NO2/c1-16-13-8-14(17)11-6-9-4-2-3-5-10(9)7-12(11)15(13)18/h2-8,16H,1H3. The van der Waals surface area contributed by atoms with Crippen molar-refractivity contribution in [2.24, 2.45) is 0 Å². The van der Waals surface area contributed by atoms with Gasteiger partial charge in [-0.05, 0) is 22.9 Å². The molecule has 0 radical (unpaired) electrons. The Labute approximate surface area is 104 Å². The fourth-order valence-corrected chi connectivity index (χ4v) is 2.24. The van der Waals surface area contributed by atoms with Gasteiger partial charge in [0.05, 0.1) is 5.70 Å². The lowest BCUT2D eigenvalue weighted by Gasteiger charge is -2.15. The zero-order chi connectivity index (χ0) is 12.7.